The third kappa shape index (κ3) is 2.84. The molecule has 1 saturated heterocycles. The van der Waals surface area contributed by atoms with E-state index in [4.69, 9.17) is 9.84 Å². The van der Waals surface area contributed by atoms with Crippen LogP contribution in [-0.2, 0) is 26.1 Å². The van der Waals surface area contributed by atoms with E-state index >= 15 is 0 Å². The Labute approximate surface area is 117 Å². The SMILES string of the molecule is CCn1cnc(S(=O)(=O)N2CC(C)(OCC(=O)O)C2)c1. The van der Waals surface area contributed by atoms with Crippen LogP contribution in [0.2, 0.25) is 0 Å². The maximum absolute atomic E-state index is 12.2. The molecule has 112 valence electrons. The fourth-order valence-electron chi connectivity index (χ4n) is 1.98. The van der Waals surface area contributed by atoms with E-state index in [-0.39, 0.29) is 18.1 Å². The molecule has 1 aromatic rings. The van der Waals surface area contributed by atoms with E-state index in [1.165, 1.54) is 16.8 Å². The Hall–Kier alpha value is -1.45. The van der Waals surface area contributed by atoms with Gasteiger partial charge in [0.1, 0.15) is 6.61 Å². The van der Waals surface area contributed by atoms with Crippen molar-refractivity contribution in [3.8, 4) is 0 Å². The summed E-state index contributed by atoms with van der Waals surface area (Å²) in [4.78, 5) is 14.3. The van der Waals surface area contributed by atoms with Gasteiger partial charge in [0.2, 0.25) is 0 Å². The molecule has 20 heavy (non-hydrogen) atoms. The molecule has 0 aliphatic carbocycles. The molecular formula is C11H17N3O5S. The first kappa shape index (κ1) is 14.9. The molecule has 0 radical (unpaired) electrons. The van der Waals surface area contributed by atoms with Gasteiger partial charge in [0.15, 0.2) is 5.03 Å². The van der Waals surface area contributed by atoms with Crippen molar-refractivity contribution in [2.75, 3.05) is 19.7 Å². The lowest BCUT2D eigenvalue weighted by atomic mass is 10.0. The number of hydrogen-bond donors (Lipinski definition) is 1. The Kier molecular flexibility index (Phi) is 3.85. The Morgan fingerprint density at radius 2 is 2.20 bits per heavy atom. The van der Waals surface area contributed by atoms with Crippen molar-refractivity contribution >= 4 is 16.0 Å². The van der Waals surface area contributed by atoms with Crippen LogP contribution in [0.4, 0.5) is 0 Å². The minimum atomic E-state index is -3.63. The Morgan fingerprint density at radius 3 is 2.70 bits per heavy atom. The molecule has 9 heteroatoms. The van der Waals surface area contributed by atoms with Crippen LogP contribution in [-0.4, -0.2) is 58.6 Å². The van der Waals surface area contributed by atoms with Gasteiger partial charge in [0.05, 0.1) is 11.9 Å². The highest BCUT2D eigenvalue weighted by Crippen LogP contribution is 2.29. The van der Waals surface area contributed by atoms with Gasteiger partial charge in [0.25, 0.3) is 10.0 Å². The average molecular weight is 303 g/mol. The summed E-state index contributed by atoms with van der Waals surface area (Å²) in [6.07, 6.45) is 2.94. The van der Waals surface area contributed by atoms with E-state index in [1.54, 1.807) is 11.5 Å². The van der Waals surface area contributed by atoms with Crippen molar-refractivity contribution in [1.29, 1.82) is 0 Å². The van der Waals surface area contributed by atoms with Crippen molar-refractivity contribution in [3.63, 3.8) is 0 Å². The monoisotopic (exact) mass is 303 g/mol. The zero-order chi connectivity index (χ0) is 15.0. The highest BCUT2D eigenvalue weighted by atomic mass is 32.2. The first-order valence-corrected chi connectivity index (χ1v) is 7.58. The number of nitrogens with zero attached hydrogens (tertiary/aromatic N) is 3. The lowest BCUT2D eigenvalue weighted by Crippen LogP contribution is -2.63. The van der Waals surface area contributed by atoms with Crippen molar-refractivity contribution in [2.24, 2.45) is 0 Å². The number of rotatable bonds is 6. The van der Waals surface area contributed by atoms with Gasteiger partial charge in [-0.05, 0) is 13.8 Å². The molecule has 1 N–H and O–H groups in total. The fraction of sp³-hybridized carbons (Fsp3) is 0.636. The van der Waals surface area contributed by atoms with Crippen LogP contribution in [0.25, 0.3) is 0 Å². The minimum Gasteiger partial charge on any atom is -0.480 e. The normalized spacial score (nSPS) is 18.7. The molecule has 1 aromatic heterocycles. The first-order chi connectivity index (χ1) is 9.27. The molecule has 0 atom stereocenters. The van der Waals surface area contributed by atoms with Gasteiger partial charge < -0.3 is 14.4 Å². The van der Waals surface area contributed by atoms with Crippen LogP contribution in [0.15, 0.2) is 17.6 Å². The maximum atomic E-state index is 12.2. The summed E-state index contributed by atoms with van der Waals surface area (Å²) < 4.78 is 32.6. The van der Waals surface area contributed by atoms with E-state index in [2.05, 4.69) is 4.98 Å². The van der Waals surface area contributed by atoms with Crippen molar-refractivity contribution < 1.29 is 23.1 Å². The van der Waals surface area contributed by atoms with Gasteiger partial charge in [-0.15, -0.1) is 0 Å². The summed E-state index contributed by atoms with van der Waals surface area (Å²) in [5.74, 6) is -1.07. The number of aryl methyl sites for hydroxylation is 1. The molecule has 2 rings (SSSR count). The minimum absolute atomic E-state index is 0.000338. The second-order valence-electron chi connectivity index (χ2n) is 4.95. The molecule has 0 spiro atoms. The second kappa shape index (κ2) is 5.15. The molecule has 0 aromatic carbocycles. The number of hydrogen-bond acceptors (Lipinski definition) is 5. The number of carbonyl (C=O) groups is 1. The molecular weight excluding hydrogens is 286 g/mol. The molecule has 0 unspecified atom stereocenters. The molecule has 1 aliphatic rings. The first-order valence-electron chi connectivity index (χ1n) is 6.14. The largest absolute Gasteiger partial charge is 0.480 e. The number of carboxylic acid groups (broad SMARTS) is 1. The number of carboxylic acids is 1. The number of aromatic nitrogens is 2. The Balaban J connectivity index is 2.02. The number of ether oxygens (including phenoxy) is 1. The lowest BCUT2D eigenvalue weighted by Gasteiger charge is -2.45. The molecule has 0 bridgehead atoms. The molecule has 1 aliphatic heterocycles. The van der Waals surface area contributed by atoms with Gasteiger partial charge in [-0.25, -0.2) is 18.2 Å². The average Bonchev–Trinajstić information content (AvgIpc) is 2.82. The zero-order valence-electron chi connectivity index (χ0n) is 11.3. The summed E-state index contributed by atoms with van der Waals surface area (Å²) in [6.45, 7) is 4.03. The molecule has 2 heterocycles. The van der Waals surface area contributed by atoms with E-state index in [0.29, 0.717) is 6.54 Å². The van der Waals surface area contributed by atoms with Crippen molar-refractivity contribution in [1.82, 2.24) is 13.9 Å². The van der Waals surface area contributed by atoms with Crippen LogP contribution in [0.1, 0.15) is 13.8 Å². The highest BCUT2D eigenvalue weighted by Gasteiger charge is 2.47. The summed E-state index contributed by atoms with van der Waals surface area (Å²) in [6, 6.07) is 0. The van der Waals surface area contributed by atoms with Gasteiger partial charge in [-0.3, -0.25) is 0 Å². The van der Waals surface area contributed by atoms with Crippen LogP contribution in [0, 0.1) is 0 Å². The quantitative estimate of drug-likeness (QED) is 0.778. The van der Waals surface area contributed by atoms with Gasteiger partial charge in [-0.2, -0.15) is 4.31 Å². The molecule has 8 nitrogen and oxygen atoms in total. The molecule has 0 saturated carbocycles. The van der Waals surface area contributed by atoms with Crippen molar-refractivity contribution in [3.05, 3.63) is 12.5 Å². The van der Waals surface area contributed by atoms with E-state index < -0.39 is 28.2 Å². The summed E-state index contributed by atoms with van der Waals surface area (Å²) in [5.41, 5.74) is -0.751. The summed E-state index contributed by atoms with van der Waals surface area (Å²) >= 11 is 0. The van der Waals surface area contributed by atoms with E-state index in [1.807, 2.05) is 6.92 Å². The standard InChI is InChI=1S/C11H17N3O5S/c1-3-13-4-9(12-8-13)20(17,18)14-6-11(2,7-14)19-5-10(15)16/h4,8H,3,5-7H2,1-2H3,(H,15,16). The predicted octanol–water partition coefficient (Wildman–Crippen LogP) is -0.233. The van der Waals surface area contributed by atoms with E-state index in [0.717, 1.165) is 0 Å². The number of aliphatic carboxylic acids is 1. The smallest absolute Gasteiger partial charge is 0.329 e. The summed E-state index contributed by atoms with van der Waals surface area (Å²) in [5, 5.41) is 8.56. The Morgan fingerprint density at radius 1 is 1.55 bits per heavy atom. The molecule has 0 amide bonds. The van der Waals surface area contributed by atoms with Gasteiger partial charge in [0, 0.05) is 25.8 Å². The van der Waals surface area contributed by atoms with Crippen LogP contribution in [0.5, 0.6) is 0 Å². The summed E-state index contributed by atoms with van der Waals surface area (Å²) in [7, 11) is -3.63. The lowest BCUT2D eigenvalue weighted by molar-refractivity contribution is -0.157. The van der Waals surface area contributed by atoms with Gasteiger partial charge in [-0.1, -0.05) is 0 Å². The predicted molar refractivity (Wildman–Crippen MR) is 68.7 cm³/mol. The van der Waals surface area contributed by atoms with Crippen molar-refractivity contribution in [2.45, 2.75) is 31.0 Å². The maximum Gasteiger partial charge on any atom is 0.329 e. The third-order valence-corrected chi connectivity index (χ3v) is 4.82. The highest BCUT2D eigenvalue weighted by molar-refractivity contribution is 7.89. The Bertz CT molecular complexity index is 603. The second-order valence-corrected chi connectivity index (χ2v) is 6.83. The van der Waals surface area contributed by atoms with Crippen LogP contribution in [0.3, 0.4) is 0 Å². The third-order valence-electron chi connectivity index (χ3n) is 3.14. The number of imidazole rings is 1. The number of sulfonamides is 1. The fourth-order valence-corrected chi connectivity index (χ4v) is 3.57. The zero-order valence-corrected chi connectivity index (χ0v) is 12.1. The molecule has 1 fully saturated rings. The van der Waals surface area contributed by atoms with Crippen LogP contribution >= 0.6 is 0 Å². The topological polar surface area (TPSA) is 102 Å². The van der Waals surface area contributed by atoms with E-state index in [9.17, 15) is 13.2 Å². The van der Waals surface area contributed by atoms with Gasteiger partial charge >= 0.3 is 5.97 Å². The van der Waals surface area contributed by atoms with Crippen LogP contribution < -0.4 is 0 Å².